The average molecular weight is 261 g/mol. The van der Waals surface area contributed by atoms with Gasteiger partial charge in [0, 0.05) is 22.4 Å². The van der Waals surface area contributed by atoms with Gasteiger partial charge in [0.25, 0.3) is 0 Å². The predicted octanol–water partition coefficient (Wildman–Crippen LogP) is 3.28. The molecule has 0 aromatic rings. The van der Waals surface area contributed by atoms with Crippen LogP contribution in [0, 0.1) is 0 Å². The fraction of sp³-hybridized carbons (Fsp3) is 0.727. The highest BCUT2D eigenvalue weighted by Gasteiger charge is 2.34. The second-order valence-electron chi connectivity index (χ2n) is 4.68. The van der Waals surface area contributed by atoms with Crippen molar-refractivity contribution in [3.63, 3.8) is 0 Å². The van der Waals surface area contributed by atoms with Crippen LogP contribution in [0.25, 0.3) is 0 Å². The molecule has 2 nitrogen and oxygen atoms in total. The molecule has 91 valence electrons. The highest BCUT2D eigenvalue weighted by Crippen LogP contribution is 2.30. The second-order valence-corrected chi connectivity index (χ2v) is 6.40. The molecule has 0 aromatic heterocycles. The average Bonchev–Trinajstić information content (AvgIpc) is 2.09. The molecule has 0 amide bonds. The number of thiol groups is 1. The lowest BCUT2D eigenvalue weighted by Gasteiger charge is -2.38. The summed E-state index contributed by atoms with van der Waals surface area (Å²) in [4.78, 5) is 4.06. The Kier molecular flexibility index (Phi) is 6.16. The summed E-state index contributed by atoms with van der Waals surface area (Å²) in [6, 6.07) is 0. The minimum absolute atomic E-state index is 0.248. The van der Waals surface area contributed by atoms with E-state index >= 15 is 0 Å². The Bertz CT molecular complexity index is 291. The van der Waals surface area contributed by atoms with E-state index in [1.807, 2.05) is 27.7 Å². The van der Waals surface area contributed by atoms with Crippen LogP contribution in [0.3, 0.4) is 0 Å². The molecule has 0 rings (SSSR count). The molecular formula is C11H20BClNOS. The molecule has 0 aliphatic rings. The molecule has 0 atom stereocenters. The molecular weight excluding hydrogens is 240 g/mol. The Labute approximate surface area is 110 Å². The van der Waals surface area contributed by atoms with Crippen LogP contribution in [-0.2, 0) is 4.65 Å². The number of rotatable bonds is 5. The van der Waals surface area contributed by atoms with E-state index in [0.29, 0.717) is 10.6 Å². The largest absolute Gasteiger partial charge is 0.426 e. The standard InChI is InChI=1S/C11H20BClNOS/c1-8(13)7-9(14-6)12-15-10(2,3)11(4,5)16/h7,16H,1-6H3/b8-7+,14-9?. The zero-order valence-electron chi connectivity index (χ0n) is 10.8. The topological polar surface area (TPSA) is 21.6 Å². The molecule has 0 aliphatic heterocycles. The quantitative estimate of drug-likeness (QED) is 0.457. The van der Waals surface area contributed by atoms with Crippen LogP contribution in [0.2, 0.25) is 0 Å². The molecule has 0 N–H and O–H groups in total. The van der Waals surface area contributed by atoms with Crippen LogP contribution in [0.4, 0.5) is 0 Å². The van der Waals surface area contributed by atoms with Gasteiger partial charge in [-0.3, -0.25) is 0 Å². The summed E-state index contributed by atoms with van der Waals surface area (Å²) in [5, 5.41) is 0.670. The van der Waals surface area contributed by atoms with E-state index in [2.05, 4.69) is 17.6 Å². The van der Waals surface area contributed by atoms with Crippen molar-refractivity contribution in [2.24, 2.45) is 4.99 Å². The molecule has 0 fully saturated rings. The number of hydrogen-bond donors (Lipinski definition) is 1. The lowest BCUT2D eigenvalue weighted by atomic mass is 9.86. The van der Waals surface area contributed by atoms with Crippen molar-refractivity contribution in [2.45, 2.75) is 45.0 Å². The van der Waals surface area contributed by atoms with Gasteiger partial charge in [0.1, 0.15) is 0 Å². The first kappa shape index (κ1) is 16.1. The van der Waals surface area contributed by atoms with Gasteiger partial charge in [0.05, 0.1) is 5.60 Å². The fourth-order valence-corrected chi connectivity index (χ4v) is 0.871. The third-order valence-corrected chi connectivity index (χ3v) is 3.20. The van der Waals surface area contributed by atoms with Crippen molar-refractivity contribution in [3.8, 4) is 0 Å². The number of halogens is 1. The van der Waals surface area contributed by atoms with Crippen molar-refractivity contribution in [1.29, 1.82) is 0 Å². The van der Waals surface area contributed by atoms with Crippen LogP contribution < -0.4 is 0 Å². The first-order valence-corrected chi connectivity index (χ1v) is 5.96. The third kappa shape index (κ3) is 5.42. The Hall–Kier alpha value is 0.0749. The molecule has 0 unspecified atom stereocenters. The van der Waals surface area contributed by atoms with Crippen molar-refractivity contribution >= 4 is 37.3 Å². The molecule has 0 aromatic carbocycles. The first-order valence-electron chi connectivity index (χ1n) is 5.14. The Morgan fingerprint density at radius 2 is 1.88 bits per heavy atom. The van der Waals surface area contributed by atoms with Crippen molar-refractivity contribution < 1.29 is 4.65 Å². The molecule has 1 radical (unpaired) electrons. The number of aliphatic imine (C=N–C) groups is 1. The van der Waals surface area contributed by atoms with Crippen LogP contribution in [0.5, 0.6) is 0 Å². The van der Waals surface area contributed by atoms with Gasteiger partial charge in [-0.2, -0.15) is 12.6 Å². The monoisotopic (exact) mass is 260 g/mol. The number of nitrogens with zero attached hydrogens (tertiary/aromatic N) is 1. The lowest BCUT2D eigenvalue weighted by Crippen LogP contribution is -2.45. The van der Waals surface area contributed by atoms with Gasteiger partial charge in [-0.1, -0.05) is 11.6 Å². The number of allylic oxidation sites excluding steroid dienone is 2. The van der Waals surface area contributed by atoms with Crippen LogP contribution in [0.1, 0.15) is 34.6 Å². The summed E-state index contributed by atoms with van der Waals surface area (Å²) in [7, 11) is 3.31. The van der Waals surface area contributed by atoms with Crippen molar-refractivity contribution in [2.75, 3.05) is 7.05 Å². The van der Waals surface area contributed by atoms with E-state index in [4.69, 9.17) is 16.3 Å². The maximum Gasteiger partial charge on any atom is 0.351 e. The van der Waals surface area contributed by atoms with Gasteiger partial charge in [0.2, 0.25) is 0 Å². The van der Waals surface area contributed by atoms with Crippen molar-refractivity contribution in [1.82, 2.24) is 0 Å². The van der Waals surface area contributed by atoms with Crippen LogP contribution >= 0.6 is 24.2 Å². The molecule has 0 aliphatic carbocycles. The molecule has 5 heteroatoms. The Morgan fingerprint density at radius 1 is 1.38 bits per heavy atom. The van der Waals surface area contributed by atoms with E-state index in [0.717, 1.165) is 0 Å². The van der Waals surface area contributed by atoms with E-state index in [1.165, 1.54) is 0 Å². The lowest BCUT2D eigenvalue weighted by molar-refractivity contribution is 0.0863. The smallest absolute Gasteiger partial charge is 0.351 e. The summed E-state index contributed by atoms with van der Waals surface area (Å²) < 4.78 is 5.46. The summed E-state index contributed by atoms with van der Waals surface area (Å²) in [6.45, 7) is 9.79. The summed E-state index contributed by atoms with van der Waals surface area (Å²) >= 11 is 10.3. The van der Waals surface area contributed by atoms with Crippen molar-refractivity contribution in [3.05, 3.63) is 11.1 Å². The van der Waals surface area contributed by atoms with E-state index in [1.54, 1.807) is 27.5 Å². The summed E-state index contributed by atoms with van der Waals surface area (Å²) in [5.74, 6) is 0. The van der Waals surface area contributed by atoms with E-state index in [9.17, 15) is 0 Å². The van der Waals surface area contributed by atoms with Gasteiger partial charge in [-0.15, -0.1) is 0 Å². The molecule has 0 heterocycles. The third-order valence-electron chi connectivity index (χ3n) is 2.55. The predicted molar refractivity (Wildman–Crippen MR) is 77.0 cm³/mol. The minimum atomic E-state index is -0.389. The fourth-order valence-electron chi connectivity index (χ4n) is 0.707. The Balaban J connectivity index is 4.51. The summed E-state index contributed by atoms with van der Waals surface area (Å²) in [6.07, 6.45) is 1.75. The van der Waals surface area contributed by atoms with Crippen LogP contribution in [-0.4, -0.2) is 30.5 Å². The highest BCUT2D eigenvalue weighted by atomic mass is 35.5. The van der Waals surface area contributed by atoms with E-state index in [-0.39, 0.29) is 10.3 Å². The minimum Gasteiger partial charge on any atom is -0.426 e. The van der Waals surface area contributed by atoms with Gasteiger partial charge in [-0.05, 0) is 40.7 Å². The van der Waals surface area contributed by atoms with E-state index < -0.39 is 0 Å². The van der Waals surface area contributed by atoms with Gasteiger partial charge >= 0.3 is 7.48 Å². The van der Waals surface area contributed by atoms with Gasteiger partial charge in [0.15, 0.2) is 0 Å². The van der Waals surface area contributed by atoms with Gasteiger partial charge in [-0.25, -0.2) is 0 Å². The zero-order chi connectivity index (χ0) is 13.0. The second kappa shape index (κ2) is 6.13. The van der Waals surface area contributed by atoms with Crippen LogP contribution in [0.15, 0.2) is 16.1 Å². The number of hydrogen-bond acceptors (Lipinski definition) is 3. The summed E-state index contributed by atoms with van der Waals surface area (Å²) in [5.41, 5.74) is 0.318. The molecule has 0 spiro atoms. The SMILES string of the molecule is CN=C([B]OC(C)(C)C(C)(C)S)/C=C(\C)Cl. The maximum atomic E-state index is 5.78. The molecule has 16 heavy (non-hydrogen) atoms. The normalized spacial score (nSPS) is 15.2. The van der Waals surface area contributed by atoms with Gasteiger partial charge < -0.3 is 9.65 Å². The Morgan fingerprint density at radius 3 is 2.19 bits per heavy atom. The zero-order valence-corrected chi connectivity index (χ0v) is 12.5. The highest BCUT2D eigenvalue weighted by molar-refractivity contribution is 7.81. The maximum absolute atomic E-state index is 5.78. The first-order chi connectivity index (χ1) is 7.10. The molecule has 0 bridgehead atoms. The molecule has 0 saturated heterocycles. The molecule has 0 saturated carbocycles.